The molecule has 160 valence electrons. The Bertz CT molecular complexity index is 1320. The first kappa shape index (κ1) is 18.9. The molecule has 9 heteroatoms. The van der Waals surface area contributed by atoms with E-state index in [4.69, 9.17) is 0 Å². The fourth-order valence-corrected chi connectivity index (χ4v) is 4.29. The second-order valence-corrected chi connectivity index (χ2v) is 8.23. The average molecular weight is 429 g/mol. The summed E-state index contributed by atoms with van der Waals surface area (Å²) in [4.78, 5) is 13.2. The van der Waals surface area contributed by atoms with Gasteiger partial charge in [-0.3, -0.25) is 4.79 Å². The molecular formula is C23H20FN7O. The van der Waals surface area contributed by atoms with E-state index in [2.05, 4.69) is 25.9 Å². The highest BCUT2D eigenvalue weighted by Crippen LogP contribution is 2.37. The summed E-state index contributed by atoms with van der Waals surface area (Å²) in [7, 11) is 0. The van der Waals surface area contributed by atoms with Crippen LogP contribution in [0, 0.1) is 5.82 Å². The third-order valence-corrected chi connectivity index (χ3v) is 5.98. The predicted molar refractivity (Wildman–Crippen MR) is 115 cm³/mol. The molecule has 0 saturated heterocycles. The maximum atomic E-state index is 13.4. The van der Waals surface area contributed by atoms with Crippen LogP contribution in [0.4, 0.5) is 10.1 Å². The molecule has 0 unspecified atom stereocenters. The van der Waals surface area contributed by atoms with Crippen LogP contribution in [0.1, 0.15) is 47.1 Å². The Balaban J connectivity index is 1.30. The molecule has 2 aromatic heterocycles. The highest BCUT2D eigenvalue weighted by atomic mass is 19.1. The molecule has 32 heavy (non-hydrogen) atoms. The number of anilines is 1. The van der Waals surface area contributed by atoms with Gasteiger partial charge in [0.1, 0.15) is 5.82 Å². The molecule has 1 amide bonds. The summed E-state index contributed by atoms with van der Waals surface area (Å²) >= 11 is 0. The standard InChI is InChI=1S/C23H20FN7O/c24-15-7-9-17(10-8-15)30-20-6-2-5-19(20)21(27-30)23(32)25-16-4-1-3-14(13-16)22-26-28-29-31(22)18-11-12-18/h1,3-4,7-10,13,18H,2,5-6,11-12H2,(H,25,32). The zero-order valence-electron chi connectivity index (χ0n) is 17.2. The number of carbonyl (C=O) groups excluding carboxylic acids is 1. The highest BCUT2D eigenvalue weighted by Gasteiger charge is 2.29. The number of halogens is 1. The van der Waals surface area contributed by atoms with Crippen molar-refractivity contribution in [2.24, 2.45) is 0 Å². The summed E-state index contributed by atoms with van der Waals surface area (Å²) in [5, 5.41) is 19.6. The van der Waals surface area contributed by atoms with Crippen LogP contribution in [0.15, 0.2) is 48.5 Å². The molecule has 2 aliphatic rings. The zero-order valence-corrected chi connectivity index (χ0v) is 17.2. The number of benzene rings is 2. The Morgan fingerprint density at radius 3 is 2.75 bits per heavy atom. The normalized spacial score (nSPS) is 15.0. The van der Waals surface area contributed by atoms with Gasteiger partial charge in [-0.05, 0) is 78.9 Å². The van der Waals surface area contributed by atoms with E-state index in [0.717, 1.165) is 54.6 Å². The van der Waals surface area contributed by atoms with Crippen molar-refractivity contribution in [2.75, 3.05) is 5.32 Å². The molecule has 0 aliphatic heterocycles. The van der Waals surface area contributed by atoms with Crippen LogP contribution < -0.4 is 5.32 Å². The van der Waals surface area contributed by atoms with Gasteiger partial charge in [0, 0.05) is 22.5 Å². The van der Waals surface area contributed by atoms with Crippen molar-refractivity contribution in [1.29, 1.82) is 0 Å². The number of nitrogens with zero attached hydrogens (tertiary/aromatic N) is 6. The average Bonchev–Trinajstić information content (AvgIpc) is 3.20. The lowest BCUT2D eigenvalue weighted by atomic mass is 10.1. The van der Waals surface area contributed by atoms with Crippen LogP contribution in [-0.2, 0) is 12.8 Å². The number of carbonyl (C=O) groups is 1. The molecule has 0 radical (unpaired) electrons. The van der Waals surface area contributed by atoms with Crippen molar-refractivity contribution in [3.63, 3.8) is 0 Å². The van der Waals surface area contributed by atoms with Gasteiger partial charge in [-0.2, -0.15) is 5.10 Å². The fourth-order valence-electron chi connectivity index (χ4n) is 4.29. The van der Waals surface area contributed by atoms with Crippen molar-refractivity contribution in [3.05, 3.63) is 71.3 Å². The molecular weight excluding hydrogens is 409 g/mol. The molecule has 6 rings (SSSR count). The van der Waals surface area contributed by atoms with Crippen molar-refractivity contribution in [3.8, 4) is 17.1 Å². The summed E-state index contributed by atoms with van der Waals surface area (Å²) in [6, 6.07) is 14.0. The van der Waals surface area contributed by atoms with E-state index >= 15 is 0 Å². The number of hydrogen-bond acceptors (Lipinski definition) is 5. The Kier molecular flexibility index (Phi) is 4.34. The van der Waals surface area contributed by atoms with E-state index in [9.17, 15) is 9.18 Å². The van der Waals surface area contributed by atoms with Crippen molar-refractivity contribution < 1.29 is 9.18 Å². The maximum Gasteiger partial charge on any atom is 0.276 e. The van der Waals surface area contributed by atoms with E-state index in [1.807, 2.05) is 28.9 Å². The Labute approximate surface area is 183 Å². The van der Waals surface area contributed by atoms with Crippen LogP contribution in [0.2, 0.25) is 0 Å². The summed E-state index contributed by atoms with van der Waals surface area (Å²) in [5.74, 6) is 0.135. The molecule has 1 saturated carbocycles. The molecule has 4 aromatic rings. The van der Waals surface area contributed by atoms with E-state index < -0.39 is 0 Å². The van der Waals surface area contributed by atoms with E-state index in [-0.39, 0.29) is 11.7 Å². The minimum Gasteiger partial charge on any atom is -0.321 e. The highest BCUT2D eigenvalue weighted by molar-refractivity contribution is 6.04. The smallest absolute Gasteiger partial charge is 0.276 e. The molecule has 0 spiro atoms. The quantitative estimate of drug-likeness (QED) is 0.522. The summed E-state index contributed by atoms with van der Waals surface area (Å²) in [5.41, 5.74) is 4.63. The van der Waals surface area contributed by atoms with Gasteiger partial charge in [0.15, 0.2) is 11.5 Å². The monoisotopic (exact) mass is 429 g/mol. The number of aromatic nitrogens is 6. The van der Waals surface area contributed by atoms with E-state index in [1.54, 1.807) is 16.8 Å². The molecule has 1 fully saturated rings. The van der Waals surface area contributed by atoms with Gasteiger partial charge in [-0.1, -0.05) is 12.1 Å². The Morgan fingerprint density at radius 1 is 1.09 bits per heavy atom. The van der Waals surface area contributed by atoms with E-state index in [1.165, 1.54) is 12.1 Å². The van der Waals surface area contributed by atoms with Crippen molar-refractivity contribution in [2.45, 2.75) is 38.1 Å². The lowest BCUT2D eigenvalue weighted by Crippen LogP contribution is -2.15. The number of nitrogens with one attached hydrogen (secondary N) is 1. The predicted octanol–water partition coefficient (Wildman–Crippen LogP) is 3.74. The van der Waals surface area contributed by atoms with E-state index in [0.29, 0.717) is 23.2 Å². The third-order valence-electron chi connectivity index (χ3n) is 5.98. The van der Waals surface area contributed by atoms with Crippen LogP contribution in [0.25, 0.3) is 17.1 Å². The van der Waals surface area contributed by atoms with Gasteiger partial charge < -0.3 is 5.32 Å². The molecule has 0 atom stereocenters. The van der Waals surface area contributed by atoms with Gasteiger partial charge in [0.05, 0.1) is 11.7 Å². The summed E-state index contributed by atoms with van der Waals surface area (Å²) in [6.45, 7) is 0. The molecule has 0 bridgehead atoms. The van der Waals surface area contributed by atoms with Gasteiger partial charge in [-0.25, -0.2) is 13.8 Å². The largest absolute Gasteiger partial charge is 0.321 e. The number of rotatable bonds is 5. The topological polar surface area (TPSA) is 90.5 Å². The number of fused-ring (bicyclic) bond motifs is 1. The van der Waals surface area contributed by atoms with Gasteiger partial charge in [-0.15, -0.1) is 5.10 Å². The lowest BCUT2D eigenvalue weighted by Gasteiger charge is -2.07. The van der Waals surface area contributed by atoms with Crippen molar-refractivity contribution in [1.82, 2.24) is 30.0 Å². The second-order valence-electron chi connectivity index (χ2n) is 8.23. The van der Waals surface area contributed by atoms with Crippen molar-refractivity contribution >= 4 is 11.6 Å². The van der Waals surface area contributed by atoms with Gasteiger partial charge in [0.25, 0.3) is 5.91 Å². The number of amides is 1. The number of hydrogen-bond donors (Lipinski definition) is 1. The first-order chi connectivity index (χ1) is 15.7. The maximum absolute atomic E-state index is 13.4. The summed E-state index contributed by atoms with van der Waals surface area (Å²) < 4.78 is 17.0. The molecule has 2 aliphatic carbocycles. The fraction of sp³-hybridized carbons (Fsp3) is 0.261. The first-order valence-corrected chi connectivity index (χ1v) is 10.7. The van der Waals surface area contributed by atoms with Crippen LogP contribution in [-0.4, -0.2) is 35.9 Å². The molecule has 8 nitrogen and oxygen atoms in total. The SMILES string of the molecule is O=C(Nc1cccc(-c2nnnn2C2CC2)c1)c1nn(-c2ccc(F)cc2)c2c1CCC2. The van der Waals surface area contributed by atoms with Gasteiger partial charge in [0.2, 0.25) is 0 Å². The van der Waals surface area contributed by atoms with Crippen LogP contribution in [0.3, 0.4) is 0 Å². The minimum absolute atomic E-state index is 0.261. The molecule has 1 N–H and O–H groups in total. The zero-order chi connectivity index (χ0) is 21.7. The Morgan fingerprint density at radius 2 is 1.94 bits per heavy atom. The molecule has 2 heterocycles. The number of tetrazole rings is 1. The molecule has 2 aromatic carbocycles. The second kappa shape index (κ2) is 7.37. The van der Waals surface area contributed by atoms with Gasteiger partial charge >= 0.3 is 0 Å². The lowest BCUT2D eigenvalue weighted by molar-refractivity contribution is 0.102. The first-order valence-electron chi connectivity index (χ1n) is 10.7. The van der Waals surface area contributed by atoms with Crippen LogP contribution in [0.5, 0.6) is 0 Å². The van der Waals surface area contributed by atoms with Crippen LogP contribution >= 0.6 is 0 Å². The Hall–Kier alpha value is -3.88. The summed E-state index contributed by atoms with van der Waals surface area (Å²) in [6.07, 6.45) is 4.77. The third kappa shape index (κ3) is 3.26. The minimum atomic E-state index is -0.303.